The summed E-state index contributed by atoms with van der Waals surface area (Å²) >= 11 is 4.73. The van der Waals surface area contributed by atoms with Crippen molar-refractivity contribution in [1.82, 2.24) is 15.5 Å². The number of amides is 3. The van der Waals surface area contributed by atoms with Gasteiger partial charge in [0, 0.05) is 43.3 Å². The third-order valence-corrected chi connectivity index (χ3v) is 7.82. The highest BCUT2D eigenvalue weighted by Crippen LogP contribution is 2.27. The number of rotatable bonds is 5. The normalized spacial score (nSPS) is 19.5. The molecular formula is C23H27BrN4O3S. The van der Waals surface area contributed by atoms with Crippen LogP contribution >= 0.6 is 27.3 Å². The molecule has 4 rings (SSSR count). The van der Waals surface area contributed by atoms with Crippen LogP contribution in [0.2, 0.25) is 0 Å². The van der Waals surface area contributed by atoms with E-state index < -0.39 is 0 Å². The molecule has 3 heterocycles. The molecule has 0 saturated carbocycles. The first-order valence-electron chi connectivity index (χ1n) is 10.8. The Bertz CT molecular complexity index is 1030. The van der Waals surface area contributed by atoms with Crippen LogP contribution in [0.25, 0.3) is 0 Å². The Balaban J connectivity index is 1.40. The number of piperidine rings is 1. The summed E-state index contributed by atoms with van der Waals surface area (Å²) in [5.41, 5.74) is 2.29. The standard InChI is InChI=1S/C23H27BrN4O3S/c1-14-11-17(3-4-18(14)23(31)27-9-7-15(25-2)8-10-27)28-13-16(12-21(28)29)26-22(30)19-5-6-20(24)32-19/h3-6,11,15-16,25H,7-10,12-13H2,1-2H3,(H,26,30). The van der Waals surface area contributed by atoms with Crippen molar-refractivity contribution in [2.75, 3.05) is 31.6 Å². The molecule has 2 saturated heterocycles. The van der Waals surface area contributed by atoms with E-state index in [1.165, 1.54) is 11.3 Å². The number of benzene rings is 1. The fourth-order valence-electron chi connectivity index (χ4n) is 4.34. The molecule has 2 aliphatic heterocycles. The van der Waals surface area contributed by atoms with Crippen LogP contribution in [0.5, 0.6) is 0 Å². The summed E-state index contributed by atoms with van der Waals surface area (Å²) in [5, 5.41) is 6.24. The average molecular weight is 519 g/mol. The lowest BCUT2D eigenvalue weighted by Gasteiger charge is -2.32. The van der Waals surface area contributed by atoms with Gasteiger partial charge in [-0.05, 0) is 78.6 Å². The third-order valence-electron chi connectivity index (χ3n) is 6.20. The summed E-state index contributed by atoms with van der Waals surface area (Å²) < 4.78 is 0.892. The van der Waals surface area contributed by atoms with Gasteiger partial charge in [0.05, 0.1) is 14.7 Å². The third kappa shape index (κ3) is 4.89. The van der Waals surface area contributed by atoms with Crippen LogP contribution < -0.4 is 15.5 Å². The van der Waals surface area contributed by atoms with Crippen molar-refractivity contribution in [2.24, 2.45) is 0 Å². The Morgan fingerprint density at radius 3 is 2.50 bits per heavy atom. The zero-order chi connectivity index (χ0) is 22.8. The van der Waals surface area contributed by atoms with Crippen LogP contribution in [0.4, 0.5) is 5.69 Å². The van der Waals surface area contributed by atoms with E-state index in [-0.39, 0.29) is 30.2 Å². The summed E-state index contributed by atoms with van der Waals surface area (Å²) in [5.74, 6) is -0.154. The van der Waals surface area contributed by atoms with E-state index in [0.717, 1.165) is 41.0 Å². The van der Waals surface area contributed by atoms with Gasteiger partial charge in [-0.1, -0.05) is 0 Å². The fraction of sp³-hybridized carbons (Fsp3) is 0.435. The summed E-state index contributed by atoms with van der Waals surface area (Å²) in [6.45, 7) is 3.82. The zero-order valence-corrected chi connectivity index (χ0v) is 20.6. The number of hydrogen-bond acceptors (Lipinski definition) is 5. The van der Waals surface area contributed by atoms with E-state index in [2.05, 4.69) is 26.6 Å². The van der Waals surface area contributed by atoms with Crippen LogP contribution in [-0.4, -0.2) is 61.4 Å². The molecule has 2 fully saturated rings. The summed E-state index contributed by atoms with van der Waals surface area (Å²) in [6, 6.07) is 9.37. The van der Waals surface area contributed by atoms with E-state index >= 15 is 0 Å². The Hall–Kier alpha value is -2.23. The molecule has 9 heteroatoms. The average Bonchev–Trinajstić information content (AvgIpc) is 3.38. The van der Waals surface area contributed by atoms with E-state index in [1.54, 1.807) is 11.0 Å². The topological polar surface area (TPSA) is 81.8 Å². The molecule has 0 spiro atoms. The predicted molar refractivity (Wildman–Crippen MR) is 129 cm³/mol. The van der Waals surface area contributed by atoms with Gasteiger partial charge in [-0.3, -0.25) is 14.4 Å². The smallest absolute Gasteiger partial charge is 0.261 e. The first-order valence-corrected chi connectivity index (χ1v) is 12.4. The molecule has 1 atom stereocenters. The van der Waals surface area contributed by atoms with Gasteiger partial charge in [0.2, 0.25) is 5.91 Å². The first kappa shape index (κ1) is 22.9. The SMILES string of the molecule is CNC1CCN(C(=O)c2ccc(N3CC(NC(=O)c4ccc(Br)s4)CC3=O)cc2C)CC1. The highest BCUT2D eigenvalue weighted by molar-refractivity contribution is 9.11. The number of halogens is 1. The van der Waals surface area contributed by atoms with Gasteiger partial charge in [0.15, 0.2) is 0 Å². The molecule has 32 heavy (non-hydrogen) atoms. The van der Waals surface area contributed by atoms with E-state index in [9.17, 15) is 14.4 Å². The van der Waals surface area contributed by atoms with Gasteiger partial charge in [0.1, 0.15) is 0 Å². The summed E-state index contributed by atoms with van der Waals surface area (Å²) in [6.07, 6.45) is 2.17. The van der Waals surface area contributed by atoms with E-state index in [1.807, 2.05) is 43.1 Å². The Morgan fingerprint density at radius 1 is 1.12 bits per heavy atom. The lowest BCUT2D eigenvalue weighted by atomic mass is 10.0. The van der Waals surface area contributed by atoms with Crippen molar-refractivity contribution < 1.29 is 14.4 Å². The predicted octanol–water partition coefficient (Wildman–Crippen LogP) is 3.18. The van der Waals surface area contributed by atoms with Gasteiger partial charge >= 0.3 is 0 Å². The molecule has 2 aliphatic rings. The molecule has 1 aromatic heterocycles. The van der Waals surface area contributed by atoms with Crippen LogP contribution in [-0.2, 0) is 4.79 Å². The van der Waals surface area contributed by atoms with Crippen molar-refractivity contribution in [2.45, 2.75) is 38.3 Å². The van der Waals surface area contributed by atoms with Crippen LogP contribution in [0.1, 0.15) is 44.9 Å². The van der Waals surface area contributed by atoms with E-state index in [0.29, 0.717) is 23.0 Å². The number of aryl methyl sites for hydroxylation is 1. The molecule has 2 N–H and O–H groups in total. The number of carbonyl (C=O) groups excluding carboxylic acids is 3. The Labute approximate surface area is 200 Å². The maximum atomic E-state index is 13.0. The highest BCUT2D eigenvalue weighted by Gasteiger charge is 2.32. The van der Waals surface area contributed by atoms with Crippen molar-refractivity contribution in [3.05, 3.63) is 50.1 Å². The fourth-order valence-corrected chi connectivity index (χ4v) is 5.63. The second-order valence-electron chi connectivity index (χ2n) is 8.34. The lowest BCUT2D eigenvalue weighted by molar-refractivity contribution is -0.117. The number of carbonyl (C=O) groups is 3. The van der Waals surface area contributed by atoms with Crippen LogP contribution in [0, 0.1) is 6.92 Å². The number of nitrogens with one attached hydrogen (secondary N) is 2. The second-order valence-corrected chi connectivity index (χ2v) is 10.8. The lowest BCUT2D eigenvalue weighted by Crippen LogP contribution is -2.44. The van der Waals surface area contributed by atoms with Gasteiger partial charge in [0.25, 0.3) is 11.8 Å². The maximum Gasteiger partial charge on any atom is 0.261 e. The Morgan fingerprint density at radius 2 is 1.88 bits per heavy atom. The first-order chi connectivity index (χ1) is 15.4. The van der Waals surface area contributed by atoms with Gasteiger partial charge < -0.3 is 20.4 Å². The van der Waals surface area contributed by atoms with Crippen LogP contribution in [0.3, 0.4) is 0 Å². The van der Waals surface area contributed by atoms with Crippen molar-refractivity contribution in [1.29, 1.82) is 0 Å². The minimum Gasteiger partial charge on any atom is -0.346 e. The largest absolute Gasteiger partial charge is 0.346 e. The molecule has 7 nitrogen and oxygen atoms in total. The molecule has 1 unspecified atom stereocenters. The zero-order valence-electron chi connectivity index (χ0n) is 18.2. The summed E-state index contributed by atoms with van der Waals surface area (Å²) in [4.78, 5) is 42.3. The minimum atomic E-state index is -0.244. The van der Waals surface area contributed by atoms with Crippen molar-refractivity contribution in [3.63, 3.8) is 0 Å². The van der Waals surface area contributed by atoms with Gasteiger partial charge in [-0.15, -0.1) is 11.3 Å². The molecular weight excluding hydrogens is 492 g/mol. The number of nitrogens with zero attached hydrogens (tertiary/aromatic N) is 2. The van der Waals surface area contributed by atoms with Crippen molar-refractivity contribution in [3.8, 4) is 0 Å². The monoisotopic (exact) mass is 518 g/mol. The maximum absolute atomic E-state index is 13.0. The minimum absolute atomic E-state index is 0.0322. The van der Waals surface area contributed by atoms with Gasteiger partial charge in [-0.2, -0.15) is 0 Å². The van der Waals surface area contributed by atoms with Crippen LogP contribution in [0.15, 0.2) is 34.1 Å². The molecule has 170 valence electrons. The van der Waals surface area contributed by atoms with Crippen molar-refractivity contribution >= 4 is 50.7 Å². The highest BCUT2D eigenvalue weighted by atomic mass is 79.9. The van der Waals surface area contributed by atoms with Gasteiger partial charge in [-0.25, -0.2) is 0 Å². The second kappa shape index (κ2) is 9.72. The molecule has 0 aliphatic carbocycles. The van der Waals surface area contributed by atoms with E-state index in [4.69, 9.17) is 0 Å². The number of thiophene rings is 1. The number of hydrogen-bond donors (Lipinski definition) is 2. The summed E-state index contributed by atoms with van der Waals surface area (Å²) in [7, 11) is 1.96. The molecule has 1 aromatic carbocycles. The molecule has 3 amide bonds. The molecule has 2 aromatic rings. The molecule has 0 radical (unpaired) electrons. The Kier molecular flexibility index (Phi) is 6.97. The quantitative estimate of drug-likeness (QED) is 0.636. The number of anilines is 1. The molecule has 0 bridgehead atoms. The number of likely N-dealkylation sites (tertiary alicyclic amines) is 1.